The number of nitrogens with one attached hydrogen (secondary N) is 2. The van der Waals surface area contributed by atoms with Crippen molar-refractivity contribution in [2.24, 2.45) is 5.73 Å². The Labute approximate surface area is 184 Å². The number of carbonyl (C=O) groups is 2. The van der Waals surface area contributed by atoms with Gasteiger partial charge in [0.2, 0.25) is 5.91 Å². The fourth-order valence-electron chi connectivity index (χ4n) is 3.29. The van der Waals surface area contributed by atoms with Crippen LogP contribution >= 0.6 is 11.6 Å². The number of rotatable bonds is 8. The molecule has 166 valence electrons. The third kappa shape index (κ3) is 6.35. The van der Waals surface area contributed by atoms with E-state index in [1.165, 1.54) is 0 Å². The summed E-state index contributed by atoms with van der Waals surface area (Å²) in [6.07, 6.45) is 1.94. The van der Waals surface area contributed by atoms with Crippen molar-refractivity contribution in [2.75, 3.05) is 25.0 Å². The number of benzene rings is 1. The Morgan fingerprint density at radius 2 is 2.10 bits per heavy atom. The van der Waals surface area contributed by atoms with E-state index in [0.717, 1.165) is 4.90 Å². The molecule has 1 aromatic heterocycles. The highest BCUT2D eigenvalue weighted by Gasteiger charge is 2.41. The second-order valence-electron chi connectivity index (χ2n) is 7.41. The Morgan fingerprint density at radius 3 is 2.81 bits per heavy atom. The molecule has 4 N–H and O–H groups in total. The van der Waals surface area contributed by atoms with Crippen LogP contribution in [0, 0.1) is 0 Å². The number of halogens is 3. The fourth-order valence-corrected chi connectivity index (χ4v) is 3.48. The maximum absolute atomic E-state index is 13.3. The van der Waals surface area contributed by atoms with Crippen molar-refractivity contribution < 1.29 is 18.4 Å². The first kappa shape index (κ1) is 22.9. The van der Waals surface area contributed by atoms with Gasteiger partial charge in [-0.25, -0.2) is 13.8 Å². The lowest BCUT2D eigenvalue weighted by Gasteiger charge is -2.20. The van der Waals surface area contributed by atoms with Gasteiger partial charge < -0.3 is 21.3 Å². The second-order valence-corrected chi connectivity index (χ2v) is 7.84. The van der Waals surface area contributed by atoms with Crippen LogP contribution in [-0.2, 0) is 4.79 Å². The summed E-state index contributed by atoms with van der Waals surface area (Å²) in [5.74, 6) is -3.28. The average Bonchev–Trinajstić information content (AvgIpc) is 3.10. The van der Waals surface area contributed by atoms with Crippen molar-refractivity contribution in [1.29, 1.82) is 0 Å². The average molecular weight is 452 g/mol. The highest BCUT2D eigenvalue weighted by molar-refractivity contribution is 6.30. The molecule has 1 aliphatic heterocycles. The predicted octanol–water partition coefficient (Wildman–Crippen LogP) is 3.18. The number of hydrogen-bond donors (Lipinski definition) is 3. The summed E-state index contributed by atoms with van der Waals surface area (Å²) in [7, 11) is 0. The van der Waals surface area contributed by atoms with Crippen molar-refractivity contribution in [2.45, 2.75) is 31.2 Å². The van der Waals surface area contributed by atoms with E-state index in [1.807, 2.05) is 0 Å². The van der Waals surface area contributed by atoms with E-state index in [-0.39, 0.29) is 31.8 Å². The van der Waals surface area contributed by atoms with Crippen molar-refractivity contribution in [1.82, 2.24) is 15.2 Å². The summed E-state index contributed by atoms with van der Waals surface area (Å²) in [5, 5.41) is 6.39. The molecule has 1 aliphatic rings. The van der Waals surface area contributed by atoms with Gasteiger partial charge in [0, 0.05) is 36.4 Å². The minimum Gasteiger partial charge on any atom is -0.352 e. The molecule has 1 atom stereocenters. The molecule has 7 nitrogen and oxygen atoms in total. The molecule has 0 radical (unpaired) electrons. The van der Waals surface area contributed by atoms with E-state index in [4.69, 9.17) is 17.3 Å². The van der Waals surface area contributed by atoms with Gasteiger partial charge in [-0.15, -0.1) is 0 Å². The third-order valence-electron chi connectivity index (χ3n) is 4.92. The molecule has 3 rings (SSSR count). The van der Waals surface area contributed by atoms with E-state index < -0.39 is 24.4 Å². The second kappa shape index (κ2) is 10.0. The maximum Gasteiger partial charge on any atom is 0.267 e. The minimum absolute atomic E-state index is 0.0136. The topological polar surface area (TPSA) is 100 Å². The zero-order chi connectivity index (χ0) is 22.4. The Kier molecular flexibility index (Phi) is 7.40. The summed E-state index contributed by atoms with van der Waals surface area (Å²) in [6.45, 7) is -0.291. The third-order valence-corrected chi connectivity index (χ3v) is 5.15. The summed E-state index contributed by atoms with van der Waals surface area (Å²) < 4.78 is 26.5. The SMILES string of the molecule is N[C@@H](CCCNC(=O)c1cccnc1Nc1cccc(Cl)c1)C(=O)N1CCC(F)(F)C1. The van der Waals surface area contributed by atoms with Crippen LogP contribution in [0.5, 0.6) is 0 Å². The van der Waals surface area contributed by atoms with Crippen LogP contribution in [0.2, 0.25) is 5.02 Å². The van der Waals surface area contributed by atoms with Crippen LogP contribution in [0.4, 0.5) is 20.3 Å². The molecule has 2 aromatic rings. The van der Waals surface area contributed by atoms with Crippen molar-refractivity contribution >= 4 is 34.9 Å². The van der Waals surface area contributed by atoms with Crippen LogP contribution < -0.4 is 16.4 Å². The molecule has 0 spiro atoms. The van der Waals surface area contributed by atoms with Gasteiger partial charge in [-0.2, -0.15) is 0 Å². The van der Waals surface area contributed by atoms with Crippen molar-refractivity contribution in [3.05, 3.63) is 53.2 Å². The number of anilines is 2. The van der Waals surface area contributed by atoms with Gasteiger partial charge in [0.1, 0.15) is 5.82 Å². The number of aromatic nitrogens is 1. The van der Waals surface area contributed by atoms with Crippen molar-refractivity contribution in [3.63, 3.8) is 0 Å². The van der Waals surface area contributed by atoms with E-state index in [2.05, 4.69) is 15.6 Å². The number of pyridine rings is 1. The lowest BCUT2D eigenvalue weighted by molar-refractivity contribution is -0.133. The number of alkyl halides is 2. The molecule has 10 heteroatoms. The predicted molar refractivity (Wildman–Crippen MR) is 115 cm³/mol. The number of hydrogen-bond acceptors (Lipinski definition) is 5. The van der Waals surface area contributed by atoms with E-state index in [0.29, 0.717) is 28.5 Å². The van der Waals surface area contributed by atoms with Gasteiger partial charge in [-0.05, 0) is 43.2 Å². The molecule has 0 aliphatic carbocycles. The number of nitrogens with zero attached hydrogens (tertiary/aromatic N) is 2. The van der Waals surface area contributed by atoms with Gasteiger partial charge in [0.25, 0.3) is 11.8 Å². The molecule has 1 saturated heterocycles. The molecule has 2 heterocycles. The molecule has 1 aromatic carbocycles. The van der Waals surface area contributed by atoms with Crippen LogP contribution in [-0.4, -0.2) is 53.3 Å². The standard InChI is InChI=1S/C21H24ClF2N5O2/c22-14-4-1-5-15(12-14)28-18-16(6-2-9-26-18)19(30)27-10-3-7-17(25)20(31)29-11-8-21(23,24)13-29/h1-2,4-6,9,12,17H,3,7-8,10-11,13,25H2,(H,26,28)(H,27,30)/t17-/m0/s1. The number of amides is 2. The lowest BCUT2D eigenvalue weighted by Crippen LogP contribution is -2.43. The smallest absolute Gasteiger partial charge is 0.267 e. The quantitative estimate of drug-likeness (QED) is 0.535. The van der Waals surface area contributed by atoms with Gasteiger partial charge in [0.15, 0.2) is 0 Å². The van der Waals surface area contributed by atoms with Crippen LogP contribution in [0.25, 0.3) is 0 Å². The van der Waals surface area contributed by atoms with Crippen LogP contribution in [0.1, 0.15) is 29.6 Å². The van der Waals surface area contributed by atoms with Gasteiger partial charge in [0.05, 0.1) is 18.2 Å². The van der Waals surface area contributed by atoms with Gasteiger partial charge >= 0.3 is 0 Å². The Morgan fingerprint density at radius 1 is 1.29 bits per heavy atom. The first-order valence-electron chi connectivity index (χ1n) is 9.93. The maximum atomic E-state index is 13.3. The van der Waals surface area contributed by atoms with Gasteiger partial charge in [-0.1, -0.05) is 17.7 Å². The number of carbonyl (C=O) groups excluding carboxylic acids is 2. The fraction of sp³-hybridized carbons (Fsp3) is 0.381. The zero-order valence-electron chi connectivity index (χ0n) is 16.8. The lowest BCUT2D eigenvalue weighted by atomic mass is 10.1. The molecule has 0 saturated carbocycles. The Bertz CT molecular complexity index is 943. The van der Waals surface area contributed by atoms with Crippen molar-refractivity contribution in [3.8, 4) is 0 Å². The van der Waals surface area contributed by atoms with Gasteiger partial charge in [-0.3, -0.25) is 9.59 Å². The Hall–Kier alpha value is -2.78. The molecule has 0 bridgehead atoms. The highest BCUT2D eigenvalue weighted by atomic mass is 35.5. The van der Waals surface area contributed by atoms with E-state index >= 15 is 0 Å². The van der Waals surface area contributed by atoms with Crippen LogP contribution in [0.3, 0.4) is 0 Å². The first-order valence-corrected chi connectivity index (χ1v) is 10.3. The van der Waals surface area contributed by atoms with E-state index in [9.17, 15) is 18.4 Å². The largest absolute Gasteiger partial charge is 0.352 e. The minimum atomic E-state index is -2.84. The summed E-state index contributed by atoms with van der Waals surface area (Å²) in [5.41, 5.74) is 6.90. The molecule has 0 unspecified atom stereocenters. The molecular weight excluding hydrogens is 428 g/mol. The zero-order valence-corrected chi connectivity index (χ0v) is 17.5. The van der Waals surface area contributed by atoms with E-state index in [1.54, 1.807) is 42.6 Å². The molecule has 1 fully saturated rings. The molecular formula is C21H24ClF2N5O2. The van der Waals surface area contributed by atoms with Crippen LogP contribution in [0.15, 0.2) is 42.6 Å². The Balaban J connectivity index is 1.48. The summed E-state index contributed by atoms with van der Waals surface area (Å²) in [6, 6.07) is 9.45. The highest BCUT2D eigenvalue weighted by Crippen LogP contribution is 2.27. The normalized spacial score (nSPS) is 16.1. The molecule has 2 amide bonds. The summed E-state index contributed by atoms with van der Waals surface area (Å²) >= 11 is 5.99. The summed E-state index contributed by atoms with van der Waals surface area (Å²) in [4.78, 5) is 30.1. The monoisotopic (exact) mass is 451 g/mol. The molecule has 31 heavy (non-hydrogen) atoms. The number of likely N-dealkylation sites (tertiary alicyclic amines) is 1. The number of nitrogens with two attached hydrogens (primary N) is 1. The first-order chi connectivity index (χ1) is 14.7.